The number of carbonyl (C=O) groups is 1. The van der Waals surface area contributed by atoms with E-state index in [0.29, 0.717) is 18.6 Å². The summed E-state index contributed by atoms with van der Waals surface area (Å²) in [6.07, 6.45) is 3.63. The number of ether oxygens (including phenoxy) is 1. The Labute approximate surface area is 76.7 Å². The van der Waals surface area contributed by atoms with Crippen molar-refractivity contribution in [2.24, 2.45) is 0 Å². The molecule has 69 valence electrons. The first-order chi connectivity index (χ1) is 6.34. The highest BCUT2D eigenvalue weighted by Crippen LogP contribution is 1.98. The van der Waals surface area contributed by atoms with E-state index in [-0.39, 0.29) is 12.5 Å². The van der Waals surface area contributed by atoms with Gasteiger partial charge in [0.1, 0.15) is 0 Å². The molecule has 0 aliphatic heterocycles. The normalized spacial score (nSPS) is 9.62. The maximum Gasteiger partial charge on any atom is 0.339 e. The van der Waals surface area contributed by atoms with E-state index in [1.807, 2.05) is 0 Å². The topological polar surface area (TPSA) is 63.0 Å². The minimum atomic E-state index is -0.374. The van der Waals surface area contributed by atoms with Gasteiger partial charge in [-0.15, -0.1) is 0 Å². The molecule has 0 amide bonds. The molecule has 1 rings (SSSR count). The van der Waals surface area contributed by atoms with Gasteiger partial charge in [0.15, 0.2) is 0 Å². The van der Waals surface area contributed by atoms with Gasteiger partial charge in [-0.1, -0.05) is 0 Å². The largest absolute Gasteiger partial charge is 0.462 e. The summed E-state index contributed by atoms with van der Waals surface area (Å²) >= 11 is 0. The van der Waals surface area contributed by atoms with Crippen molar-refractivity contribution in [3.8, 4) is 0 Å². The van der Waals surface area contributed by atoms with Crippen molar-refractivity contribution in [1.29, 1.82) is 0 Å². The van der Waals surface area contributed by atoms with E-state index < -0.39 is 0 Å². The Morgan fingerprint density at radius 1 is 1.62 bits per heavy atom. The van der Waals surface area contributed by atoms with Crippen LogP contribution in [0.1, 0.15) is 16.8 Å². The molecule has 0 aliphatic carbocycles. The Morgan fingerprint density at radius 2 is 2.46 bits per heavy atom. The third kappa shape index (κ3) is 3.21. The van der Waals surface area contributed by atoms with E-state index in [4.69, 9.17) is 10.5 Å². The Morgan fingerprint density at radius 3 is 3.08 bits per heavy atom. The molecule has 13 heavy (non-hydrogen) atoms. The summed E-state index contributed by atoms with van der Waals surface area (Å²) in [5.41, 5.74) is 7.30. The number of aromatic nitrogens is 1. The molecular formula is C9H11N2O2. The van der Waals surface area contributed by atoms with Crippen LogP contribution in [0.3, 0.4) is 0 Å². The third-order valence-electron chi connectivity index (χ3n) is 1.45. The second-order valence-electron chi connectivity index (χ2n) is 2.48. The lowest BCUT2D eigenvalue weighted by molar-refractivity contribution is 0.0502. The number of esters is 1. The summed E-state index contributed by atoms with van der Waals surface area (Å²) in [6, 6.07) is 3.33. The molecule has 0 atom stereocenters. The average molecular weight is 179 g/mol. The number of hydrogen-bond donors (Lipinski definition) is 0. The lowest BCUT2D eigenvalue weighted by Crippen LogP contribution is -2.07. The molecule has 1 radical (unpaired) electrons. The molecule has 4 nitrogen and oxygen atoms in total. The van der Waals surface area contributed by atoms with Gasteiger partial charge in [0.2, 0.25) is 0 Å². The van der Waals surface area contributed by atoms with Crippen molar-refractivity contribution in [3.63, 3.8) is 0 Å². The molecular weight excluding hydrogens is 168 g/mol. The van der Waals surface area contributed by atoms with Gasteiger partial charge in [-0.2, -0.15) is 0 Å². The van der Waals surface area contributed by atoms with E-state index in [2.05, 4.69) is 4.98 Å². The predicted molar refractivity (Wildman–Crippen MR) is 47.1 cm³/mol. The van der Waals surface area contributed by atoms with E-state index in [1.165, 1.54) is 6.20 Å². The summed E-state index contributed by atoms with van der Waals surface area (Å²) in [5.74, 6) is -0.374. The molecule has 0 unspecified atom stereocenters. The van der Waals surface area contributed by atoms with Gasteiger partial charge in [-0.25, -0.2) is 4.79 Å². The van der Waals surface area contributed by atoms with Gasteiger partial charge in [0, 0.05) is 18.9 Å². The molecule has 0 bridgehead atoms. The first-order valence-electron chi connectivity index (χ1n) is 4.06. The van der Waals surface area contributed by atoms with Gasteiger partial charge < -0.3 is 4.74 Å². The Bertz CT molecular complexity index is 262. The molecule has 0 aromatic carbocycles. The van der Waals surface area contributed by atoms with Crippen LogP contribution in [0.25, 0.3) is 0 Å². The maximum atomic E-state index is 11.2. The van der Waals surface area contributed by atoms with Crippen LogP contribution in [0.15, 0.2) is 24.5 Å². The number of hydrogen-bond acceptors (Lipinski definition) is 3. The second-order valence-corrected chi connectivity index (χ2v) is 2.48. The highest BCUT2D eigenvalue weighted by atomic mass is 16.5. The Kier molecular flexibility index (Phi) is 3.92. The number of nitrogens with one attached hydrogen (secondary N) is 1. The van der Waals surface area contributed by atoms with Crippen LogP contribution in [-0.4, -0.2) is 24.1 Å². The summed E-state index contributed by atoms with van der Waals surface area (Å²) in [7, 11) is 0. The fraction of sp³-hybridized carbons (Fsp3) is 0.333. The van der Waals surface area contributed by atoms with Gasteiger partial charge in [0.25, 0.3) is 0 Å². The number of rotatable bonds is 4. The number of nitrogens with zero attached hydrogens (tertiary/aromatic N) is 1. The zero-order chi connectivity index (χ0) is 9.52. The van der Waals surface area contributed by atoms with Gasteiger partial charge in [-0.05, 0) is 18.6 Å². The summed E-state index contributed by atoms with van der Waals surface area (Å²) in [4.78, 5) is 15.0. The van der Waals surface area contributed by atoms with E-state index in [0.717, 1.165) is 0 Å². The van der Waals surface area contributed by atoms with Crippen LogP contribution < -0.4 is 5.73 Å². The van der Waals surface area contributed by atoms with Crippen molar-refractivity contribution >= 4 is 5.97 Å². The first-order valence-corrected chi connectivity index (χ1v) is 4.06. The highest BCUT2D eigenvalue weighted by Gasteiger charge is 2.04. The molecule has 1 aromatic rings. The predicted octanol–water partition coefficient (Wildman–Crippen LogP) is 0.911. The molecule has 0 aliphatic rings. The van der Waals surface area contributed by atoms with Crippen LogP contribution in [0.2, 0.25) is 0 Å². The fourth-order valence-electron chi connectivity index (χ4n) is 0.804. The van der Waals surface area contributed by atoms with Gasteiger partial charge in [0.05, 0.1) is 12.2 Å². The quantitative estimate of drug-likeness (QED) is 0.509. The lowest BCUT2D eigenvalue weighted by atomic mass is 10.3. The molecule has 1 N–H and O–H groups in total. The summed E-state index contributed by atoms with van der Waals surface area (Å²) in [6.45, 7) is 0.581. The lowest BCUT2D eigenvalue weighted by Gasteiger charge is -2.01. The minimum Gasteiger partial charge on any atom is -0.462 e. The molecule has 4 heteroatoms. The fourth-order valence-corrected chi connectivity index (χ4v) is 0.804. The highest BCUT2D eigenvalue weighted by molar-refractivity contribution is 5.88. The molecule has 0 saturated carbocycles. The summed E-state index contributed by atoms with van der Waals surface area (Å²) < 4.78 is 4.87. The van der Waals surface area contributed by atoms with E-state index in [1.54, 1.807) is 18.3 Å². The van der Waals surface area contributed by atoms with Crippen molar-refractivity contribution < 1.29 is 9.53 Å². The van der Waals surface area contributed by atoms with Crippen molar-refractivity contribution in [1.82, 2.24) is 10.7 Å². The average Bonchev–Trinajstić information content (AvgIpc) is 2.19. The SMILES string of the molecule is [NH]CCCOC(=O)c1cccnc1. The third-order valence-corrected chi connectivity index (χ3v) is 1.45. The van der Waals surface area contributed by atoms with E-state index in [9.17, 15) is 4.79 Å². The molecule has 1 aromatic heterocycles. The van der Waals surface area contributed by atoms with Crippen LogP contribution in [0, 0.1) is 0 Å². The molecule has 1 heterocycles. The second kappa shape index (κ2) is 5.27. The maximum absolute atomic E-state index is 11.2. The smallest absolute Gasteiger partial charge is 0.339 e. The number of carbonyl (C=O) groups excluding carboxylic acids is 1. The zero-order valence-electron chi connectivity index (χ0n) is 7.19. The first kappa shape index (κ1) is 9.67. The molecule has 0 saturated heterocycles. The standard InChI is InChI=1S/C9H11N2O2/c10-4-2-6-13-9(12)8-3-1-5-11-7-8/h1,3,5,7,10H,2,4,6H2. The molecule has 0 spiro atoms. The minimum absolute atomic E-state index is 0.278. The summed E-state index contributed by atoms with van der Waals surface area (Å²) in [5, 5.41) is 0. The van der Waals surface area contributed by atoms with Crippen LogP contribution in [-0.2, 0) is 4.74 Å². The van der Waals surface area contributed by atoms with Gasteiger partial charge in [-0.3, -0.25) is 10.7 Å². The van der Waals surface area contributed by atoms with Crippen molar-refractivity contribution in [2.45, 2.75) is 6.42 Å². The van der Waals surface area contributed by atoms with E-state index >= 15 is 0 Å². The van der Waals surface area contributed by atoms with Crippen LogP contribution >= 0.6 is 0 Å². The van der Waals surface area contributed by atoms with Crippen molar-refractivity contribution in [2.75, 3.05) is 13.2 Å². The molecule has 0 fully saturated rings. The Hall–Kier alpha value is -1.42. The monoisotopic (exact) mass is 179 g/mol. The number of pyridine rings is 1. The zero-order valence-corrected chi connectivity index (χ0v) is 7.19. The Balaban J connectivity index is 2.40. The van der Waals surface area contributed by atoms with Crippen molar-refractivity contribution in [3.05, 3.63) is 30.1 Å². The van der Waals surface area contributed by atoms with Gasteiger partial charge >= 0.3 is 5.97 Å². The van der Waals surface area contributed by atoms with Crippen LogP contribution in [0.5, 0.6) is 0 Å². The van der Waals surface area contributed by atoms with Crippen LogP contribution in [0.4, 0.5) is 0 Å².